The molecule has 0 saturated heterocycles. The Labute approximate surface area is 132 Å². The van der Waals surface area contributed by atoms with Crippen LogP contribution in [0.4, 0.5) is 0 Å². The van der Waals surface area contributed by atoms with E-state index < -0.39 is 0 Å². The van der Waals surface area contributed by atoms with Crippen LogP contribution in [0.1, 0.15) is 55.2 Å². The van der Waals surface area contributed by atoms with Gasteiger partial charge in [0.05, 0.1) is 13.5 Å². The van der Waals surface area contributed by atoms with Crippen LogP contribution in [-0.4, -0.2) is 19.1 Å². The average molecular weight is 309 g/mol. The second-order valence-corrected chi connectivity index (χ2v) is 7.30. The maximum absolute atomic E-state index is 11.3. The van der Waals surface area contributed by atoms with Crippen LogP contribution >= 0.6 is 11.3 Å². The van der Waals surface area contributed by atoms with Gasteiger partial charge in [-0.15, -0.1) is 11.3 Å². The fourth-order valence-corrected chi connectivity index (χ4v) is 4.02. The van der Waals surface area contributed by atoms with Crippen molar-refractivity contribution in [3.8, 4) is 0 Å². The van der Waals surface area contributed by atoms with Crippen LogP contribution < -0.4 is 5.32 Å². The quantitative estimate of drug-likeness (QED) is 0.639. The normalized spacial score (nSPS) is 18.2. The van der Waals surface area contributed by atoms with Crippen molar-refractivity contribution in [1.29, 1.82) is 0 Å². The SMILES string of the molecule is COC(=O)Cc1ccc(CN[C@H](C)C2CCCCCC2)s1. The number of rotatable bonds is 6. The third-order valence-corrected chi connectivity index (χ3v) is 5.55. The molecule has 0 aliphatic heterocycles. The molecule has 0 spiro atoms. The van der Waals surface area contributed by atoms with Crippen molar-refractivity contribution in [3.63, 3.8) is 0 Å². The highest BCUT2D eigenvalue weighted by atomic mass is 32.1. The van der Waals surface area contributed by atoms with Gasteiger partial charge in [0.1, 0.15) is 0 Å². The van der Waals surface area contributed by atoms with Gasteiger partial charge in [-0.05, 0) is 37.8 Å². The number of esters is 1. The van der Waals surface area contributed by atoms with Gasteiger partial charge in [0.15, 0.2) is 0 Å². The van der Waals surface area contributed by atoms with Crippen molar-refractivity contribution >= 4 is 17.3 Å². The van der Waals surface area contributed by atoms with Gasteiger partial charge in [-0.25, -0.2) is 0 Å². The first kappa shape index (κ1) is 16.5. The number of nitrogens with one attached hydrogen (secondary N) is 1. The fraction of sp³-hybridized carbons (Fsp3) is 0.706. The number of carbonyl (C=O) groups excluding carboxylic acids is 1. The van der Waals surface area contributed by atoms with E-state index in [1.54, 1.807) is 11.3 Å². The van der Waals surface area contributed by atoms with E-state index in [1.807, 2.05) is 6.07 Å². The van der Waals surface area contributed by atoms with Gasteiger partial charge in [-0.1, -0.05) is 25.7 Å². The van der Waals surface area contributed by atoms with Gasteiger partial charge < -0.3 is 10.1 Å². The summed E-state index contributed by atoms with van der Waals surface area (Å²) in [5.41, 5.74) is 0. The molecular weight excluding hydrogens is 282 g/mol. The molecule has 1 fully saturated rings. The summed E-state index contributed by atoms with van der Waals surface area (Å²) in [6.07, 6.45) is 8.71. The minimum Gasteiger partial charge on any atom is -0.469 e. The summed E-state index contributed by atoms with van der Waals surface area (Å²) in [6.45, 7) is 3.22. The van der Waals surface area contributed by atoms with Crippen LogP contribution in [0.2, 0.25) is 0 Å². The van der Waals surface area contributed by atoms with E-state index in [4.69, 9.17) is 4.74 Å². The molecule has 0 aromatic carbocycles. The second-order valence-electron chi connectivity index (χ2n) is 6.04. The monoisotopic (exact) mass is 309 g/mol. The van der Waals surface area contributed by atoms with Crippen molar-refractivity contribution in [1.82, 2.24) is 5.32 Å². The van der Waals surface area contributed by atoms with E-state index in [-0.39, 0.29) is 5.97 Å². The Bertz CT molecular complexity index is 436. The highest BCUT2D eigenvalue weighted by Gasteiger charge is 2.18. The minimum absolute atomic E-state index is 0.164. The number of ether oxygens (including phenoxy) is 1. The Balaban J connectivity index is 1.78. The molecule has 0 unspecified atom stereocenters. The molecule has 1 aromatic rings. The van der Waals surface area contributed by atoms with E-state index in [0.717, 1.165) is 17.3 Å². The minimum atomic E-state index is -0.164. The Morgan fingerprint density at radius 3 is 2.62 bits per heavy atom. The van der Waals surface area contributed by atoms with Crippen LogP contribution in [0.3, 0.4) is 0 Å². The van der Waals surface area contributed by atoms with Crippen molar-refractivity contribution in [3.05, 3.63) is 21.9 Å². The molecule has 1 heterocycles. The zero-order valence-corrected chi connectivity index (χ0v) is 14.0. The molecule has 3 nitrogen and oxygen atoms in total. The average Bonchev–Trinajstić information content (AvgIpc) is 2.75. The zero-order chi connectivity index (χ0) is 15.1. The first-order valence-corrected chi connectivity index (χ1v) is 8.88. The Morgan fingerprint density at radius 2 is 1.95 bits per heavy atom. The molecule has 1 aliphatic rings. The lowest BCUT2D eigenvalue weighted by Gasteiger charge is -2.23. The van der Waals surface area contributed by atoms with E-state index in [0.29, 0.717) is 12.5 Å². The maximum atomic E-state index is 11.3. The van der Waals surface area contributed by atoms with Crippen molar-refractivity contribution in [2.45, 2.75) is 64.5 Å². The standard InChI is InChI=1S/C17H27NO2S/c1-13(14-7-5-3-4-6-8-14)18-12-16-10-9-15(21-16)11-17(19)20-2/h9-10,13-14,18H,3-8,11-12H2,1-2H3/t13-/m1/s1. The number of carbonyl (C=O) groups is 1. The summed E-state index contributed by atoms with van der Waals surface area (Å²) in [5.74, 6) is 0.658. The van der Waals surface area contributed by atoms with Crippen molar-refractivity contribution < 1.29 is 9.53 Å². The van der Waals surface area contributed by atoms with Crippen LogP contribution in [0.5, 0.6) is 0 Å². The van der Waals surface area contributed by atoms with E-state index >= 15 is 0 Å². The van der Waals surface area contributed by atoms with E-state index in [1.165, 1.54) is 50.5 Å². The van der Waals surface area contributed by atoms with Crippen LogP contribution in [-0.2, 0) is 22.5 Å². The summed E-state index contributed by atoms with van der Waals surface area (Å²) in [5, 5.41) is 3.67. The first-order chi connectivity index (χ1) is 10.2. The molecule has 1 N–H and O–H groups in total. The van der Waals surface area contributed by atoms with Crippen LogP contribution in [0.15, 0.2) is 12.1 Å². The van der Waals surface area contributed by atoms with Gasteiger partial charge in [-0.2, -0.15) is 0 Å². The van der Waals surface area contributed by atoms with Crippen molar-refractivity contribution in [2.24, 2.45) is 5.92 Å². The molecule has 4 heteroatoms. The third-order valence-electron chi connectivity index (χ3n) is 4.47. The van der Waals surface area contributed by atoms with Gasteiger partial charge in [-0.3, -0.25) is 4.79 Å². The predicted octanol–water partition coefficient (Wildman–Crippen LogP) is 3.91. The highest BCUT2D eigenvalue weighted by molar-refractivity contribution is 7.12. The molecule has 1 aliphatic carbocycles. The summed E-state index contributed by atoms with van der Waals surface area (Å²) in [6, 6.07) is 4.74. The Hall–Kier alpha value is -0.870. The van der Waals surface area contributed by atoms with Gasteiger partial charge in [0.2, 0.25) is 0 Å². The maximum Gasteiger partial charge on any atom is 0.310 e. The molecular formula is C17H27NO2S. The van der Waals surface area contributed by atoms with E-state index in [2.05, 4.69) is 18.3 Å². The lowest BCUT2D eigenvalue weighted by atomic mass is 9.93. The third kappa shape index (κ3) is 5.44. The number of thiophene rings is 1. The highest BCUT2D eigenvalue weighted by Crippen LogP contribution is 2.26. The molecule has 2 rings (SSSR count). The topological polar surface area (TPSA) is 38.3 Å². The van der Waals surface area contributed by atoms with Gasteiger partial charge in [0.25, 0.3) is 0 Å². The zero-order valence-electron chi connectivity index (χ0n) is 13.2. The second kappa shape index (κ2) is 8.54. The van der Waals surface area contributed by atoms with Crippen molar-refractivity contribution in [2.75, 3.05) is 7.11 Å². The van der Waals surface area contributed by atoms with Crippen LogP contribution in [0.25, 0.3) is 0 Å². The van der Waals surface area contributed by atoms with Gasteiger partial charge in [0, 0.05) is 22.3 Å². The lowest BCUT2D eigenvalue weighted by Crippen LogP contribution is -2.32. The molecule has 21 heavy (non-hydrogen) atoms. The van der Waals surface area contributed by atoms with Crippen LogP contribution in [0, 0.1) is 5.92 Å². The molecule has 1 saturated carbocycles. The summed E-state index contributed by atoms with van der Waals surface area (Å²) >= 11 is 1.71. The lowest BCUT2D eigenvalue weighted by molar-refractivity contribution is -0.139. The molecule has 0 amide bonds. The summed E-state index contributed by atoms with van der Waals surface area (Å²) in [7, 11) is 1.44. The molecule has 1 atom stereocenters. The number of hydrogen-bond donors (Lipinski definition) is 1. The van der Waals surface area contributed by atoms with Gasteiger partial charge >= 0.3 is 5.97 Å². The largest absolute Gasteiger partial charge is 0.469 e. The van der Waals surface area contributed by atoms with E-state index in [9.17, 15) is 4.79 Å². The molecule has 0 bridgehead atoms. The predicted molar refractivity (Wildman–Crippen MR) is 87.5 cm³/mol. The Kier molecular flexibility index (Phi) is 6.71. The Morgan fingerprint density at radius 1 is 1.29 bits per heavy atom. The summed E-state index contributed by atoms with van der Waals surface area (Å²) in [4.78, 5) is 13.6. The first-order valence-electron chi connectivity index (χ1n) is 8.07. The fourth-order valence-electron chi connectivity index (χ4n) is 3.07. The summed E-state index contributed by atoms with van der Waals surface area (Å²) < 4.78 is 4.70. The smallest absolute Gasteiger partial charge is 0.310 e. The number of hydrogen-bond acceptors (Lipinski definition) is 4. The molecule has 118 valence electrons. The number of methoxy groups -OCH3 is 1. The molecule has 0 radical (unpaired) electrons. The molecule has 1 aromatic heterocycles.